The smallest absolute Gasteiger partial charge is 0.300 e. The van der Waals surface area contributed by atoms with Crippen LogP contribution >= 0.6 is 11.3 Å². The second kappa shape index (κ2) is 9.23. The summed E-state index contributed by atoms with van der Waals surface area (Å²) in [5, 5.41) is 23.9. The molecule has 0 aliphatic carbocycles. The van der Waals surface area contributed by atoms with E-state index in [1.54, 1.807) is 24.3 Å². The number of Topliss-reactive ketones (excluding diaryl/α,β-unsaturated/α-hetero) is 1. The van der Waals surface area contributed by atoms with E-state index in [4.69, 9.17) is 4.74 Å². The standard InChI is InChI=1S/C28H29NO5S/c1-6-34-21-12-10-17(15-18(21)28(3,4)5)25(31)23-24(22-8-7-13-35-22)29(27(33)26(23)32)19-14-16(2)9-11-20(19)30/h7-15,24,30-31H,6H2,1-5H3/b25-23-. The molecule has 6 nitrogen and oxygen atoms in total. The number of aromatic hydroxyl groups is 1. The fourth-order valence-electron chi connectivity index (χ4n) is 4.32. The monoisotopic (exact) mass is 491 g/mol. The SMILES string of the molecule is CCOc1ccc(/C(O)=C2/C(=O)C(=O)N(c3cc(C)ccc3O)C2c2cccs2)cc1C(C)(C)C. The Hall–Kier alpha value is -3.58. The van der Waals surface area contributed by atoms with Gasteiger partial charge in [-0.05, 0) is 66.6 Å². The van der Waals surface area contributed by atoms with E-state index in [-0.39, 0.29) is 28.2 Å². The normalized spacial score (nSPS) is 17.7. The lowest BCUT2D eigenvalue weighted by molar-refractivity contribution is -0.132. The Balaban J connectivity index is 1.94. The predicted molar refractivity (Wildman–Crippen MR) is 138 cm³/mol. The van der Waals surface area contributed by atoms with Gasteiger partial charge in [0.1, 0.15) is 23.3 Å². The number of phenols is 1. The van der Waals surface area contributed by atoms with Gasteiger partial charge in [0.2, 0.25) is 0 Å². The molecule has 182 valence electrons. The molecule has 0 bridgehead atoms. The second-order valence-corrected chi connectivity index (χ2v) is 10.5. The molecular formula is C28H29NO5S. The van der Waals surface area contributed by atoms with Crippen LogP contribution in [0.5, 0.6) is 11.5 Å². The number of hydrogen-bond donors (Lipinski definition) is 2. The van der Waals surface area contributed by atoms with Crippen LogP contribution in [0.15, 0.2) is 59.5 Å². The highest BCUT2D eigenvalue weighted by Gasteiger charge is 2.48. The highest BCUT2D eigenvalue weighted by atomic mass is 32.1. The van der Waals surface area contributed by atoms with Gasteiger partial charge in [-0.1, -0.05) is 32.9 Å². The molecule has 35 heavy (non-hydrogen) atoms. The van der Waals surface area contributed by atoms with Crippen molar-refractivity contribution in [3.63, 3.8) is 0 Å². The van der Waals surface area contributed by atoms with Crippen molar-refractivity contribution >= 4 is 34.5 Å². The number of ketones is 1. The lowest BCUT2D eigenvalue weighted by atomic mass is 9.84. The van der Waals surface area contributed by atoms with Gasteiger partial charge in [0, 0.05) is 16.0 Å². The first-order valence-corrected chi connectivity index (χ1v) is 12.3. The minimum Gasteiger partial charge on any atom is -0.507 e. The summed E-state index contributed by atoms with van der Waals surface area (Å²) in [5.41, 5.74) is 2.06. The Morgan fingerprint density at radius 2 is 1.86 bits per heavy atom. The van der Waals surface area contributed by atoms with Gasteiger partial charge in [-0.2, -0.15) is 0 Å². The molecule has 1 saturated heterocycles. The van der Waals surface area contributed by atoms with E-state index in [2.05, 4.69) is 0 Å². The number of nitrogens with zero attached hydrogens (tertiary/aromatic N) is 1. The van der Waals surface area contributed by atoms with E-state index in [0.717, 1.165) is 11.1 Å². The molecule has 2 heterocycles. The number of carbonyl (C=O) groups is 2. The van der Waals surface area contributed by atoms with Crippen molar-refractivity contribution in [3.05, 3.63) is 81.1 Å². The maximum Gasteiger partial charge on any atom is 0.300 e. The first-order chi connectivity index (χ1) is 16.5. The summed E-state index contributed by atoms with van der Waals surface area (Å²) in [6.07, 6.45) is 0. The highest BCUT2D eigenvalue weighted by molar-refractivity contribution is 7.10. The van der Waals surface area contributed by atoms with E-state index < -0.39 is 17.7 Å². The van der Waals surface area contributed by atoms with Crippen LogP contribution in [-0.4, -0.2) is 28.5 Å². The third-order valence-corrected chi connectivity index (χ3v) is 6.93. The molecule has 1 amide bonds. The number of thiophene rings is 1. The van der Waals surface area contributed by atoms with Crippen LogP contribution in [-0.2, 0) is 15.0 Å². The van der Waals surface area contributed by atoms with Gasteiger partial charge in [0.15, 0.2) is 0 Å². The summed E-state index contributed by atoms with van der Waals surface area (Å²) in [4.78, 5) is 28.6. The van der Waals surface area contributed by atoms with E-state index in [1.165, 1.54) is 22.3 Å². The number of ether oxygens (including phenoxy) is 1. The van der Waals surface area contributed by atoms with Crippen LogP contribution in [0.1, 0.15) is 55.3 Å². The number of benzene rings is 2. The van der Waals surface area contributed by atoms with Crippen LogP contribution in [0.25, 0.3) is 5.76 Å². The van der Waals surface area contributed by atoms with E-state index >= 15 is 0 Å². The zero-order chi connectivity index (χ0) is 25.5. The summed E-state index contributed by atoms with van der Waals surface area (Å²) in [5.74, 6) is -1.27. The van der Waals surface area contributed by atoms with E-state index in [0.29, 0.717) is 22.8 Å². The molecule has 7 heteroatoms. The average molecular weight is 492 g/mol. The highest BCUT2D eigenvalue weighted by Crippen LogP contribution is 2.46. The first kappa shape index (κ1) is 24.5. The van der Waals surface area contributed by atoms with Gasteiger partial charge >= 0.3 is 0 Å². The van der Waals surface area contributed by atoms with E-state index in [1.807, 2.05) is 58.2 Å². The van der Waals surface area contributed by atoms with Crippen LogP contribution in [0.3, 0.4) is 0 Å². The molecule has 2 N–H and O–H groups in total. The number of aliphatic hydroxyl groups is 1. The third kappa shape index (κ3) is 4.44. The van der Waals surface area contributed by atoms with Crippen LogP contribution in [0, 0.1) is 6.92 Å². The molecule has 1 aromatic heterocycles. The molecule has 1 unspecified atom stereocenters. The summed E-state index contributed by atoms with van der Waals surface area (Å²) in [6.45, 7) is 10.4. The lowest BCUT2D eigenvalue weighted by Crippen LogP contribution is -2.29. The maximum atomic E-state index is 13.3. The van der Waals surface area contributed by atoms with Crippen molar-refractivity contribution in [1.82, 2.24) is 0 Å². The van der Waals surface area contributed by atoms with Gasteiger partial charge in [-0.15, -0.1) is 11.3 Å². The molecule has 0 saturated carbocycles. The number of amides is 1. The van der Waals surface area contributed by atoms with Gasteiger partial charge in [0.25, 0.3) is 11.7 Å². The fraction of sp³-hybridized carbons (Fsp3) is 0.286. The summed E-state index contributed by atoms with van der Waals surface area (Å²) < 4.78 is 5.79. The molecule has 3 aromatic rings. The Kier molecular flexibility index (Phi) is 6.47. The van der Waals surface area contributed by atoms with Gasteiger partial charge in [-0.25, -0.2) is 0 Å². The van der Waals surface area contributed by atoms with Crippen LogP contribution in [0.2, 0.25) is 0 Å². The van der Waals surface area contributed by atoms with Crippen molar-refractivity contribution in [2.45, 2.75) is 46.1 Å². The Labute approximate surface area is 209 Å². The van der Waals surface area contributed by atoms with Crippen LogP contribution < -0.4 is 9.64 Å². The lowest BCUT2D eigenvalue weighted by Gasteiger charge is -2.26. The van der Waals surface area contributed by atoms with Crippen molar-refractivity contribution in [1.29, 1.82) is 0 Å². The van der Waals surface area contributed by atoms with Gasteiger partial charge in [-0.3, -0.25) is 14.5 Å². The summed E-state index contributed by atoms with van der Waals surface area (Å²) >= 11 is 1.37. The molecule has 2 aromatic carbocycles. The zero-order valence-corrected chi connectivity index (χ0v) is 21.3. The van der Waals surface area contributed by atoms with Gasteiger partial charge < -0.3 is 14.9 Å². The van der Waals surface area contributed by atoms with Crippen molar-refractivity contribution in [2.75, 3.05) is 11.5 Å². The first-order valence-electron chi connectivity index (χ1n) is 11.5. The maximum absolute atomic E-state index is 13.3. The van der Waals surface area contributed by atoms with Crippen molar-refractivity contribution in [3.8, 4) is 11.5 Å². The molecule has 1 atom stereocenters. The number of carbonyl (C=O) groups excluding carboxylic acids is 2. The number of phenolic OH excluding ortho intramolecular Hbond substituents is 1. The average Bonchev–Trinajstić information content (AvgIpc) is 3.42. The quantitative estimate of drug-likeness (QED) is 0.256. The summed E-state index contributed by atoms with van der Waals surface area (Å²) in [7, 11) is 0. The molecule has 1 aliphatic rings. The molecule has 1 aliphatic heterocycles. The van der Waals surface area contributed by atoms with Crippen molar-refractivity contribution in [2.24, 2.45) is 0 Å². The Bertz CT molecular complexity index is 1320. The van der Waals surface area contributed by atoms with Gasteiger partial charge in [0.05, 0.1) is 17.9 Å². The Morgan fingerprint density at radius 1 is 1.11 bits per heavy atom. The van der Waals surface area contributed by atoms with Crippen molar-refractivity contribution < 1.29 is 24.5 Å². The minimum absolute atomic E-state index is 0.0117. The molecule has 1 fully saturated rings. The summed E-state index contributed by atoms with van der Waals surface area (Å²) in [6, 6.07) is 12.9. The number of hydrogen-bond acceptors (Lipinski definition) is 6. The van der Waals surface area contributed by atoms with Crippen LogP contribution in [0.4, 0.5) is 5.69 Å². The molecule has 0 spiro atoms. The largest absolute Gasteiger partial charge is 0.507 e. The minimum atomic E-state index is -0.868. The zero-order valence-electron chi connectivity index (χ0n) is 20.5. The van der Waals surface area contributed by atoms with E-state index in [9.17, 15) is 19.8 Å². The molecule has 0 radical (unpaired) electrons. The molecule has 4 rings (SSSR count). The fourth-order valence-corrected chi connectivity index (χ4v) is 5.15. The second-order valence-electron chi connectivity index (χ2n) is 9.57. The Morgan fingerprint density at radius 3 is 2.49 bits per heavy atom. The third-order valence-electron chi connectivity index (χ3n) is 6.01. The number of anilines is 1. The number of rotatable bonds is 5. The topological polar surface area (TPSA) is 87.1 Å². The predicted octanol–water partition coefficient (Wildman–Crippen LogP) is 6.08. The number of aliphatic hydroxyl groups excluding tert-OH is 1. The molecular weight excluding hydrogens is 462 g/mol. The number of aryl methyl sites for hydroxylation is 1.